The molecule has 174 valence electrons. The summed E-state index contributed by atoms with van der Waals surface area (Å²) in [7, 11) is 0. The summed E-state index contributed by atoms with van der Waals surface area (Å²) in [5.74, 6) is -2.81. The summed E-state index contributed by atoms with van der Waals surface area (Å²) in [6.45, 7) is 2.67. The SMILES string of the molecule is CC(C)(NC(=O)[C@H](CCC(N)=O)NC(=O)OCC1c2ccccc2-c2ccccc21)C(=O)O. The van der Waals surface area contributed by atoms with E-state index in [-0.39, 0.29) is 25.4 Å². The number of amides is 3. The van der Waals surface area contributed by atoms with Crippen LogP contribution in [0.5, 0.6) is 0 Å². The third-order valence-corrected chi connectivity index (χ3v) is 5.60. The van der Waals surface area contributed by atoms with E-state index in [1.807, 2.05) is 48.5 Å². The zero-order valence-corrected chi connectivity index (χ0v) is 18.5. The molecule has 0 saturated carbocycles. The first kappa shape index (κ1) is 23.8. The minimum Gasteiger partial charge on any atom is -0.480 e. The summed E-state index contributed by atoms with van der Waals surface area (Å²) in [5.41, 5.74) is 7.85. The Labute approximate surface area is 191 Å². The maximum absolute atomic E-state index is 12.6. The Morgan fingerprint density at radius 3 is 2.09 bits per heavy atom. The van der Waals surface area contributed by atoms with Crippen LogP contribution < -0.4 is 16.4 Å². The van der Waals surface area contributed by atoms with Gasteiger partial charge in [0.1, 0.15) is 18.2 Å². The third-order valence-electron chi connectivity index (χ3n) is 5.60. The van der Waals surface area contributed by atoms with Crippen molar-refractivity contribution in [3.63, 3.8) is 0 Å². The van der Waals surface area contributed by atoms with Crippen LogP contribution in [0.4, 0.5) is 4.79 Å². The zero-order chi connectivity index (χ0) is 24.2. The van der Waals surface area contributed by atoms with Gasteiger partial charge in [0.25, 0.3) is 0 Å². The molecule has 0 aromatic heterocycles. The van der Waals surface area contributed by atoms with Gasteiger partial charge in [0.15, 0.2) is 0 Å². The Kier molecular flexibility index (Phi) is 7.01. The summed E-state index contributed by atoms with van der Waals surface area (Å²) < 4.78 is 5.44. The lowest BCUT2D eigenvalue weighted by Crippen LogP contribution is -2.56. The van der Waals surface area contributed by atoms with Crippen LogP contribution in [0.2, 0.25) is 0 Å². The van der Waals surface area contributed by atoms with Gasteiger partial charge < -0.3 is 26.2 Å². The molecular weight excluding hydrogens is 426 g/mol. The van der Waals surface area contributed by atoms with E-state index in [1.54, 1.807) is 0 Å². The van der Waals surface area contributed by atoms with E-state index >= 15 is 0 Å². The van der Waals surface area contributed by atoms with Crippen molar-refractivity contribution in [2.75, 3.05) is 6.61 Å². The molecule has 1 aliphatic carbocycles. The number of primary amides is 1. The summed E-state index contributed by atoms with van der Waals surface area (Å²) in [6.07, 6.45) is -1.12. The van der Waals surface area contributed by atoms with Crippen molar-refractivity contribution in [2.45, 2.75) is 44.2 Å². The molecule has 0 fully saturated rings. The van der Waals surface area contributed by atoms with E-state index in [0.29, 0.717) is 0 Å². The Balaban J connectivity index is 1.68. The Hall–Kier alpha value is -3.88. The molecule has 0 unspecified atom stereocenters. The molecule has 2 aromatic carbocycles. The van der Waals surface area contributed by atoms with E-state index in [1.165, 1.54) is 13.8 Å². The van der Waals surface area contributed by atoms with E-state index < -0.39 is 35.5 Å². The number of nitrogens with two attached hydrogens (primary N) is 1. The molecule has 0 radical (unpaired) electrons. The molecule has 2 aromatic rings. The molecule has 33 heavy (non-hydrogen) atoms. The lowest BCUT2D eigenvalue weighted by Gasteiger charge is -2.25. The summed E-state index contributed by atoms with van der Waals surface area (Å²) in [5, 5.41) is 14.0. The molecule has 1 aliphatic rings. The van der Waals surface area contributed by atoms with Crippen molar-refractivity contribution in [3.05, 3.63) is 59.7 Å². The topological polar surface area (TPSA) is 148 Å². The van der Waals surface area contributed by atoms with Gasteiger partial charge in [-0.05, 0) is 42.5 Å². The largest absolute Gasteiger partial charge is 0.480 e. The number of carbonyl (C=O) groups is 4. The molecule has 0 saturated heterocycles. The van der Waals surface area contributed by atoms with Crippen LogP contribution in [-0.2, 0) is 19.1 Å². The molecule has 0 spiro atoms. The highest BCUT2D eigenvalue weighted by Gasteiger charge is 2.33. The fourth-order valence-electron chi connectivity index (χ4n) is 3.79. The van der Waals surface area contributed by atoms with Gasteiger partial charge in [-0.1, -0.05) is 48.5 Å². The van der Waals surface area contributed by atoms with Gasteiger partial charge in [-0.3, -0.25) is 9.59 Å². The van der Waals surface area contributed by atoms with Crippen LogP contribution in [0.15, 0.2) is 48.5 Å². The minimum atomic E-state index is -1.56. The average Bonchev–Trinajstić information content (AvgIpc) is 3.08. The van der Waals surface area contributed by atoms with Gasteiger partial charge in [-0.25, -0.2) is 9.59 Å². The number of hydrogen-bond acceptors (Lipinski definition) is 5. The molecule has 9 heteroatoms. The fraction of sp³-hybridized carbons (Fsp3) is 0.333. The smallest absolute Gasteiger partial charge is 0.407 e. The highest BCUT2D eigenvalue weighted by molar-refractivity contribution is 5.91. The molecule has 0 aliphatic heterocycles. The Bertz CT molecular complexity index is 1040. The second-order valence-electron chi connectivity index (χ2n) is 8.45. The number of hydrogen-bond donors (Lipinski definition) is 4. The first-order valence-corrected chi connectivity index (χ1v) is 10.6. The number of carboxylic acid groups (broad SMARTS) is 1. The van der Waals surface area contributed by atoms with Crippen molar-refractivity contribution in [3.8, 4) is 11.1 Å². The fourth-order valence-corrected chi connectivity index (χ4v) is 3.79. The second kappa shape index (κ2) is 9.72. The van der Waals surface area contributed by atoms with E-state index in [0.717, 1.165) is 22.3 Å². The second-order valence-corrected chi connectivity index (χ2v) is 8.45. The number of fused-ring (bicyclic) bond motifs is 3. The average molecular weight is 453 g/mol. The zero-order valence-electron chi connectivity index (χ0n) is 18.5. The van der Waals surface area contributed by atoms with Crippen LogP contribution in [0, 0.1) is 0 Å². The molecular formula is C24H27N3O6. The van der Waals surface area contributed by atoms with Crippen LogP contribution in [0.25, 0.3) is 11.1 Å². The number of carboxylic acids is 1. The van der Waals surface area contributed by atoms with Crippen molar-refractivity contribution < 1.29 is 29.0 Å². The number of carbonyl (C=O) groups excluding carboxylic acids is 3. The normalized spacial score (nSPS) is 13.4. The predicted octanol–water partition coefficient (Wildman–Crippen LogP) is 2.14. The van der Waals surface area contributed by atoms with Gasteiger partial charge in [0.2, 0.25) is 11.8 Å². The van der Waals surface area contributed by atoms with Crippen LogP contribution >= 0.6 is 0 Å². The molecule has 3 amide bonds. The minimum absolute atomic E-state index is 0.0463. The monoisotopic (exact) mass is 453 g/mol. The van der Waals surface area contributed by atoms with Crippen LogP contribution in [0.1, 0.15) is 43.7 Å². The number of nitrogens with one attached hydrogen (secondary N) is 2. The standard InChI is InChI=1S/C24H27N3O6/c1-24(2,22(30)31)27-21(29)19(11-12-20(25)28)26-23(32)33-13-18-16-9-5-3-7-14(16)15-8-4-6-10-17(15)18/h3-10,18-19H,11-13H2,1-2H3,(H2,25,28)(H,26,32)(H,27,29)(H,30,31)/t19-/m0/s1. The van der Waals surface area contributed by atoms with Crippen LogP contribution in [0.3, 0.4) is 0 Å². The first-order chi connectivity index (χ1) is 15.6. The number of benzene rings is 2. The van der Waals surface area contributed by atoms with Gasteiger partial charge in [0, 0.05) is 12.3 Å². The molecule has 3 rings (SSSR count). The number of rotatable bonds is 9. The Morgan fingerprint density at radius 1 is 1.03 bits per heavy atom. The van der Waals surface area contributed by atoms with Crippen LogP contribution in [-0.4, -0.2) is 47.2 Å². The maximum atomic E-state index is 12.6. The number of alkyl carbamates (subject to hydrolysis) is 1. The van der Waals surface area contributed by atoms with E-state index in [4.69, 9.17) is 10.5 Å². The van der Waals surface area contributed by atoms with Crippen molar-refractivity contribution in [1.29, 1.82) is 0 Å². The van der Waals surface area contributed by atoms with Crippen molar-refractivity contribution in [1.82, 2.24) is 10.6 Å². The lowest BCUT2D eigenvalue weighted by atomic mass is 9.98. The lowest BCUT2D eigenvalue weighted by molar-refractivity contribution is -0.146. The molecule has 0 bridgehead atoms. The van der Waals surface area contributed by atoms with Gasteiger partial charge in [-0.2, -0.15) is 0 Å². The van der Waals surface area contributed by atoms with Gasteiger partial charge in [-0.15, -0.1) is 0 Å². The highest BCUT2D eigenvalue weighted by atomic mass is 16.5. The quantitative estimate of drug-likeness (QED) is 0.457. The van der Waals surface area contributed by atoms with Crippen molar-refractivity contribution in [2.24, 2.45) is 5.73 Å². The van der Waals surface area contributed by atoms with E-state index in [9.17, 15) is 24.3 Å². The molecule has 0 heterocycles. The first-order valence-electron chi connectivity index (χ1n) is 10.6. The van der Waals surface area contributed by atoms with Crippen molar-refractivity contribution >= 4 is 23.9 Å². The molecule has 9 nitrogen and oxygen atoms in total. The molecule has 1 atom stereocenters. The summed E-state index contributed by atoms with van der Waals surface area (Å²) in [6, 6.07) is 14.6. The van der Waals surface area contributed by atoms with Gasteiger partial charge >= 0.3 is 12.1 Å². The summed E-state index contributed by atoms with van der Waals surface area (Å²) >= 11 is 0. The van der Waals surface area contributed by atoms with Gasteiger partial charge in [0.05, 0.1) is 0 Å². The highest BCUT2D eigenvalue weighted by Crippen LogP contribution is 2.44. The number of ether oxygens (including phenoxy) is 1. The summed E-state index contributed by atoms with van der Waals surface area (Å²) in [4.78, 5) is 47.6. The number of aliphatic carboxylic acids is 1. The third kappa shape index (κ3) is 5.49. The molecule has 5 N–H and O–H groups in total. The maximum Gasteiger partial charge on any atom is 0.407 e. The Morgan fingerprint density at radius 2 is 1.58 bits per heavy atom. The van der Waals surface area contributed by atoms with E-state index in [2.05, 4.69) is 10.6 Å². The predicted molar refractivity (Wildman–Crippen MR) is 120 cm³/mol.